The van der Waals surface area contributed by atoms with Crippen molar-refractivity contribution in [2.75, 3.05) is 13.2 Å². The number of rotatable bonds is 15. The molecule has 1 fully saturated rings. The van der Waals surface area contributed by atoms with E-state index < -0.39 is 66.3 Å². The Hall–Kier alpha value is -4.64. The van der Waals surface area contributed by atoms with E-state index in [0.717, 1.165) is 35.4 Å². The number of aliphatic hydroxyl groups is 1. The lowest BCUT2D eigenvalue weighted by Gasteiger charge is -2.28. The number of carbonyl (C=O) groups excluding carboxylic acids is 1. The molecule has 7 nitrogen and oxygen atoms in total. The molecule has 1 aliphatic carbocycles. The monoisotopic (exact) mass is 705 g/mol. The first-order valence-corrected chi connectivity index (χ1v) is 16.5. The van der Waals surface area contributed by atoms with Gasteiger partial charge >= 0.3 is 6.29 Å². The van der Waals surface area contributed by atoms with Crippen LogP contribution in [-0.2, 0) is 51.3 Å². The van der Waals surface area contributed by atoms with Gasteiger partial charge < -0.3 is 28.6 Å². The van der Waals surface area contributed by atoms with Crippen LogP contribution >= 0.6 is 0 Å². The van der Waals surface area contributed by atoms with Gasteiger partial charge in [-0.15, -0.1) is 8.78 Å². The molecule has 2 aliphatic rings. The third-order valence-electron chi connectivity index (χ3n) is 8.91. The Bertz CT molecular complexity index is 2290. The van der Waals surface area contributed by atoms with E-state index in [0.29, 0.717) is 11.1 Å². The SMILES string of the molecule is [2H]C([2H])(OCc1ccccc1)C(C)(C)c1cc2cc(CC(=O)C3(c4ccc5c(c4)OC(F)(F)O5)C([2H])([2H])C3([2H])[2H])c(F)cc2n1C[C@@H](O)COCc1ccccc1. The van der Waals surface area contributed by atoms with Crippen molar-refractivity contribution in [3.63, 3.8) is 0 Å². The second-order valence-corrected chi connectivity index (χ2v) is 13.2. The Balaban J connectivity index is 1.23. The summed E-state index contributed by atoms with van der Waals surface area (Å²) in [7, 11) is 0. The molecule has 5 aromatic rings. The number of halogens is 3. The minimum atomic E-state index is -4.01. The van der Waals surface area contributed by atoms with E-state index in [-0.39, 0.29) is 48.8 Å². The number of Topliss-reactive ketones (excluding diaryl/α,β-unsaturated/α-hetero) is 1. The highest BCUT2D eigenvalue weighted by Crippen LogP contribution is 2.53. The van der Waals surface area contributed by atoms with E-state index in [9.17, 15) is 18.7 Å². The Labute approximate surface area is 303 Å². The number of aromatic nitrogens is 1. The molecule has 266 valence electrons. The molecule has 0 radical (unpaired) electrons. The van der Waals surface area contributed by atoms with Crippen molar-refractivity contribution in [3.8, 4) is 11.5 Å². The van der Waals surface area contributed by atoms with Crippen molar-refractivity contribution < 1.29 is 50.2 Å². The zero-order valence-electron chi connectivity index (χ0n) is 33.9. The molecule has 2 heterocycles. The van der Waals surface area contributed by atoms with Crippen LogP contribution in [0, 0.1) is 5.82 Å². The van der Waals surface area contributed by atoms with Crippen molar-refractivity contribution in [2.45, 2.75) is 76.0 Å². The van der Waals surface area contributed by atoms with Crippen LogP contribution in [0.2, 0.25) is 0 Å². The normalized spacial score (nSPS) is 20.4. The number of fused-ring (bicyclic) bond motifs is 2. The van der Waals surface area contributed by atoms with Gasteiger partial charge in [0.15, 0.2) is 11.5 Å². The predicted octanol–water partition coefficient (Wildman–Crippen LogP) is 8.02. The van der Waals surface area contributed by atoms with Crippen LogP contribution in [0.5, 0.6) is 11.5 Å². The van der Waals surface area contributed by atoms with Gasteiger partial charge in [-0.25, -0.2) is 4.39 Å². The molecule has 1 aliphatic heterocycles. The molecule has 0 saturated heterocycles. The van der Waals surface area contributed by atoms with E-state index >= 15 is 4.39 Å². The van der Waals surface area contributed by atoms with Gasteiger partial charge in [0.25, 0.3) is 0 Å². The third kappa shape index (κ3) is 7.54. The van der Waals surface area contributed by atoms with E-state index in [1.807, 2.05) is 36.4 Å². The summed E-state index contributed by atoms with van der Waals surface area (Å²) < 4.78 is 118. The Morgan fingerprint density at radius 1 is 0.941 bits per heavy atom. The van der Waals surface area contributed by atoms with Gasteiger partial charge in [-0.3, -0.25) is 4.79 Å². The molecule has 0 spiro atoms. The number of nitrogens with zero attached hydrogens (tertiary/aromatic N) is 1. The van der Waals surface area contributed by atoms with Crippen molar-refractivity contribution in [3.05, 3.63) is 131 Å². The molecule has 0 unspecified atom stereocenters. The molecule has 10 heteroatoms. The van der Waals surface area contributed by atoms with Crippen molar-refractivity contribution in [2.24, 2.45) is 0 Å². The summed E-state index contributed by atoms with van der Waals surface area (Å²) >= 11 is 0. The minimum Gasteiger partial charge on any atom is -0.395 e. The summed E-state index contributed by atoms with van der Waals surface area (Å²) in [5.41, 5.74) is -2.23. The topological polar surface area (TPSA) is 79.2 Å². The maximum atomic E-state index is 16.2. The first-order valence-electron chi connectivity index (χ1n) is 19.5. The molecule has 7 rings (SSSR count). The molecule has 51 heavy (non-hydrogen) atoms. The molecular formula is C41H40F3NO6. The van der Waals surface area contributed by atoms with Gasteiger partial charge in [0.1, 0.15) is 11.6 Å². The lowest BCUT2D eigenvalue weighted by atomic mass is 9.87. The molecule has 1 aromatic heterocycles. The summed E-state index contributed by atoms with van der Waals surface area (Å²) in [6, 6.07) is 25.5. The molecular weight excluding hydrogens is 659 g/mol. The average Bonchev–Trinajstić information content (AvgIpc) is 3.43. The van der Waals surface area contributed by atoms with Crippen molar-refractivity contribution in [1.82, 2.24) is 4.57 Å². The van der Waals surface area contributed by atoms with E-state index in [2.05, 4.69) is 9.47 Å². The van der Waals surface area contributed by atoms with Crippen molar-refractivity contribution >= 4 is 16.7 Å². The standard InChI is InChI=1S/C41H40F3NO6/c1-39(2,26-49-24-28-11-7-4-8-12-28)37-18-30-17-29(19-38(47)40(15-16-40)31-13-14-35-36(20-31)51-41(43,44)50-35)33(42)21-34(30)45(37)22-32(46)25-48-23-27-9-5-3-6-10-27/h3-14,17-18,20-21,32,46H,15-16,19,22-26H2,1-2H3/t32-/m1/s1/i15D2,16D2,26D2. The van der Waals surface area contributed by atoms with E-state index in [1.54, 1.807) is 48.7 Å². The molecule has 0 amide bonds. The summed E-state index contributed by atoms with van der Waals surface area (Å²) in [4.78, 5) is 14.2. The quantitative estimate of drug-likeness (QED) is 0.119. The van der Waals surface area contributed by atoms with Crippen LogP contribution in [0.1, 0.15) is 62.8 Å². The van der Waals surface area contributed by atoms with E-state index in [4.69, 9.17) is 17.7 Å². The van der Waals surface area contributed by atoms with Gasteiger partial charge in [0, 0.05) is 28.4 Å². The minimum absolute atomic E-state index is 0.0527. The highest BCUT2D eigenvalue weighted by Gasteiger charge is 2.52. The fourth-order valence-electron chi connectivity index (χ4n) is 6.25. The zero-order chi connectivity index (χ0) is 41.2. The van der Waals surface area contributed by atoms with Crippen molar-refractivity contribution in [1.29, 1.82) is 0 Å². The fourth-order valence-corrected chi connectivity index (χ4v) is 6.25. The van der Waals surface area contributed by atoms with Crippen LogP contribution in [0.25, 0.3) is 10.9 Å². The number of benzene rings is 4. The third-order valence-corrected chi connectivity index (χ3v) is 8.91. The number of aliphatic hydroxyl groups excluding tert-OH is 1. The maximum absolute atomic E-state index is 16.2. The van der Waals surface area contributed by atoms with Crippen LogP contribution in [0.4, 0.5) is 13.2 Å². The van der Waals surface area contributed by atoms with Crippen LogP contribution < -0.4 is 9.47 Å². The summed E-state index contributed by atoms with van der Waals surface area (Å²) in [6.45, 7) is 0.837. The average molecular weight is 706 g/mol. The molecule has 1 atom stereocenters. The van der Waals surface area contributed by atoms with Crippen LogP contribution in [0.15, 0.2) is 97.1 Å². The lowest BCUT2D eigenvalue weighted by molar-refractivity contribution is -0.286. The lowest BCUT2D eigenvalue weighted by Crippen LogP contribution is -2.30. The summed E-state index contributed by atoms with van der Waals surface area (Å²) in [6.07, 6.45) is -11.5. The predicted molar refractivity (Wildman–Crippen MR) is 185 cm³/mol. The summed E-state index contributed by atoms with van der Waals surface area (Å²) in [5, 5.41) is 11.5. The molecule has 1 N–H and O–H groups in total. The Morgan fingerprint density at radius 2 is 1.59 bits per heavy atom. The van der Waals surface area contributed by atoms with Crippen LogP contribution in [-0.4, -0.2) is 41.0 Å². The van der Waals surface area contributed by atoms with Gasteiger partial charge in [0.05, 0.1) is 52.7 Å². The second-order valence-electron chi connectivity index (χ2n) is 13.2. The first-order chi connectivity index (χ1) is 26.7. The Kier molecular flexibility index (Phi) is 7.59. The van der Waals surface area contributed by atoms with Gasteiger partial charge in [-0.05, 0) is 65.3 Å². The zero-order valence-corrected chi connectivity index (χ0v) is 27.9. The van der Waals surface area contributed by atoms with Gasteiger partial charge in [0.2, 0.25) is 0 Å². The number of alkyl halides is 2. The fraction of sp³-hybridized carbons (Fsp3) is 0.341. The maximum Gasteiger partial charge on any atom is 0.586 e. The molecule has 1 saturated carbocycles. The number of ether oxygens (including phenoxy) is 4. The number of hydrogen-bond acceptors (Lipinski definition) is 6. The summed E-state index contributed by atoms with van der Waals surface area (Å²) in [5.74, 6) is -2.83. The molecule has 0 bridgehead atoms. The number of hydrogen-bond donors (Lipinski definition) is 1. The second kappa shape index (κ2) is 13.8. The highest BCUT2D eigenvalue weighted by molar-refractivity contribution is 5.95. The van der Waals surface area contributed by atoms with Gasteiger partial charge in [-0.1, -0.05) is 80.6 Å². The number of carbonyl (C=O) groups is 1. The number of ketones is 1. The highest BCUT2D eigenvalue weighted by atomic mass is 19.3. The smallest absolute Gasteiger partial charge is 0.395 e. The van der Waals surface area contributed by atoms with Crippen LogP contribution in [0.3, 0.4) is 0 Å². The first kappa shape index (κ1) is 28.0. The Morgan fingerprint density at radius 3 is 2.25 bits per heavy atom. The van der Waals surface area contributed by atoms with E-state index in [1.165, 1.54) is 6.07 Å². The molecule has 4 aromatic carbocycles. The van der Waals surface area contributed by atoms with Gasteiger partial charge in [-0.2, -0.15) is 0 Å². The largest absolute Gasteiger partial charge is 0.586 e.